The number of aliphatic hydroxyl groups is 2. The van der Waals surface area contributed by atoms with Crippen molar-refractivity contribution < 1.29 is 95.8 Å². The standard InChI is InChI=1S/C88H132N12O20/c1-58-20-12-11-13-21-59(2)73(109-8)53-69-26-24-64(7)88(108,120-69)82(105)86(106)99-32-17-14-23-70(99)87(107)119-74(54-71(101)60(3)49-63(6)80(104)81(111-10)79(103)62(5)48-58)61(4)50-65-25-27-72(75(51-65)110-9)118-35-19-15-22-68-56-98(97-95-68)34-37-113-39-41-115-43-45-117-47-46-116-44-42-114-40-38-112-36-29-76(102)90-30-16-18-33-100-85-77(83(89)93-57-94-85)78(96-100)67-52-66-28-31-91-84(66)92-55-67/h11-13,20-21,28,31,49,52,55-58,60-62,64-65,69-70,72-75,80-81,104,108H,14-19,22-27,29-30,32-48,50-51,53-54H2,1-10H3,(H,90,102)(H,91,92)(H2,89,93,94)/b13-11+,20-12+,59-21+,63-49+/t58-,60-,61-,62-,64-,65+,69+,70+,72-,73+,74+,75-,80-,81+,88-/m1/s1. The van der Waals surface area contributed by atoms with Crippen LogP contribution in [0, 0.1) is 35.5 Å². The van der Waals surface area contributed by atoms with Gasteiger partial charge in [-0.3, -0.25) is 24.0 Å². The number of amides is 2. The van der Waals surface area contributed by atoms with Crippen molar-refractivity contribution in [1.82, 2.24) is 54.9 Å². The number of carbonyl (C=O) groups excluding carboxylic acids is 6. The number of ketones is 3. The van der Waals surface area contributed by atoms with Crippen molar-refractivity contribution in [2.75, 3.05) is 126 Å². The maximum atomic E-state index is 14.8. The molecular formula is C88H132N12O20. The van der Waals surface area contributed by atoms with E-state index in [0.717, 1.165) is 72.8 Å². The van der Waals surface area contributed by atoms with Crippen molar-refractivity contribution in [1.29, 1.82) is 0 Å². The van der Waals surface area contributed by atoms with Gasteiger partial charge >= 0.3 is 5.97 Å². The summed E-state index contributed by atoms with van der Waals surface area (Å²) in [4.78, 5) is 102. The van der Waals surface area contributed by atoms with Crippen molar-refractivity contribution in [3.8, 4) is 11.3 Å². The minimum atomic E-state index is -2.46. The molecule has 0 unspecified atom stereocenters. The summed E-state index contributed by atoms with van der Waals surface area (Å²) in [6, 6.07) is 2.79. The topological polar surface area (TPSA) is 398 Å². The molecule has 32 heteroatoms. The number of fused-ring (bicyclic) bond motifs is 5. The largest absolute Gasteiger partial charge is 0.460 e. The summed E-state index contributed by atoms with van der Waals surface area (Å²) < 4.78 is 74.3. The molecule has 0 spiro atoms. The third-order valence-electron chi connectivity index (χ3n) is 23.3. The quantitative estimate of drug-likeness (QED) is 0.0106. The molecule has 664 valence electrons. The number of hydrogen-bond donors (Lipinski definition) is 5. The SMILES string of the molecule is CO[C@H]1C[C@@H]2CC[C@@H](C)[C@@](O)(O2)C(=O)C(=O)N2CCCC[C@H]2C(=O)O[C@H]([C@H](C)C[C@@H]2CC[C@@H](OCCCCc3cn(CCOCCOCCOCCOCCOCCOCCC(=O)NCCCCn4nc(-c5cnc6[nH]ccc6c5)c5c(N)ncnc54)nn3)[C@H](OC)C2)CC(=O)[C@H](C)/C=C(\C)[C@@H](O)[C@@H](OC)C(=O)[C@H](C)C[C@H](C)/C=C/C=C/C=C/1C. The van der Waals surface area contributed by atoms with Gasteiger partial charge in [-0.2, -0.15) is 5.10 Å². The number of Topliss-reactive ketones (excluding diaryl/α,β-unsaturated/α-hetero) is 3. The highest BCUT2D eigenvalue weighted by molar-refractivity contribution is 6.39. The van der Waals surface area contributed by atoms with Gasteiger partial charge in [0.05, 0.1) is 121 Å². The summed E-state index contributed by atoms with van der Waals surface area (Å²) >= 11 is 0. The van der Waals surface area contributed by atoms with Crippen LogP contribution in [-0.4, -0.2) is 270 Å². The predicted molar refractivity (Wildman–Crippen MR) is 448 cm³/mol. The Balaban J connectivity index is 0.621. The smallest absolute Gasteiger partial charge is 0.329 e. The summed E-state index contributed by atoms with van der Waals surface area (Å²) in [6.45, 7) is 19.9. The number of anilines is 1. The number of H-pyrrole nitrogens is 1. The molecule has 2 amide bonds. The lowest BCUT2D eigenvalue weighted by molar-refractivity contribution is -0.265. The van der Waals surface area contributed by atoms with Crippen LogP contribution >= 0.6 is 0 Å². The molecule has 0 aromatic carbocycles. The van der Waals surface area contributed by atoms with Gasteiger partial charge in [-0.05, 0) is 151 Å². The second kappa shape index (κ2) is 50.0. The van der Waals surface area contributed by atoms with E-state index in [4.69, 9.17) is 67.7 Å². The van der Waals surface area contributed by atoms with E-state index in [-0.39, 0.29) is 73.2 Å². The Morgan fingerprint density at radius 1 is 0.767 bits per heavy atom. The van der Waals surface area contributed by atoms with E-state index in [1.165, 1.54) is 18.3 Å². The second-order valence-electron chi connectivity index (χ2n) is 32.5. The third kappa shape index (κ3) is 28.8. The van der Waals surface area contributed by atoms with E-state index < -0.39 is 77.8 Å². The Hall–Kier alpha value is -7.96. The minimum Gasteiger partial charge on any atom is -0.460 e. The minimum absolute atomic E-state index is 0.00389. The number of aryl methyl sites for hydroxylation is 2. The molecule has 120 heavy (non-hydrogen) atoms. The molecule has 2 bridgehead atoms. The predicted octanol–water partition coefficient (Wildman–Crippen LogP) is 9.17. The number of hydrogen-bond acceptors (Lipinski definition) is 27. The van der Waals surface area contributed by atoms with Crippen LogP contribution in [0.25, 0.3) is 33.3 Å². The van der Waals surface area contributed by atoms with Crippen LogP contribution in [0.5, 0.6) is 0 Å². The average molecular weight is 1680 g/mol. The van der Waals surface area contributed by atoms with E-state index in [2.05, 4.69) is 35.6 Å². The highest BCUT2D eigenvalue weighted by Crippen LogP contribution is 2.39. The van der Waals surface area contributed by atoms with Crippen LogP contribution in [0.2, 0.25) is 0 Å². The van der Waals surface area contributed by atoms with Crippen molar-refractivity contribution in [3.63, 3.8) is 0 Å². The fraction of sp³-hybridized carbons (Fsp3) is 0.682. The van der Waals surface area contributed by atoms with Crippen LogP contribution < -0.4 is 11.1 Å². The molecule has 9 rings (SSSR count). The van der Waals surface area contributed by atoms with Crippen LogP contribution in [0.3, 0.4) is 0 Å². The van der Waals surface area contributed by atoms with Gasteiger partial charge in [0.15, 0.2) is 11.4 Å². The van der Waals surface area contributed by atoms with Crippen LogP contribution in [0.4, 0.5) is 5.82 Å². The summed E-state index contributed by atoms with van der Waals surface area (Å²) in [5.74, 6) is -7.89. The molecule has 32 nitrogen and oxygen atoms in total. The number of piperidine rings is 1. The zero-order valence-corrected chi connectivity index (χ0v) is 72.1. The first-order valence-electron chi connectivity index (χ1n) is 43.1. The lowest BCUT2D eigenvalue weighted by Gasteiger charge is -2.42. The normalized spacial score (nSPS) is 27.4. The molecule has 8 heterocycles. The van der Waals surface area contributed by atoms with E-state index in [1.54, 1.807) is 51.9 Å². The molecule has 2 saturated heterocycles. The number of unbranched alkanes of at least 4 members (excludes halogenated alkanes) is 2. The average Bonchev–Trinajstić information content (AvgIpc) is 1.74. The lowest BCUT2D eigenvalue weighted by atomic mass is 9.78. The zero-order chi connectivity index (χ0) is 85.9. The Morgan fingerprint density at radius 2 is 1.49 bits per heavy atom. The first-order chi connectivity index (χ1) is 58.0. The fourth-order valence-corrected chi connectivity index (χ4v) is 16.2. The van der Waals surface area contributed by atoms with Gasteiger partial charge in [0.1, 0.15) is 53.6 Å². The van der Waals surface area contributed by atoms with Gasteiger partial charge in [0.2, 0.25) is 11.7 Å². The number of esters is 1. The Morgan fingerprint density at radius 3 is 2.21 bits per heavy atom. The van der Waals surface area contributed by atoms with Gasteiger partial charge < -0.3 is 88.0 Å². The number of rotatable bonds is 39. The fourth-order valence-electron chi connectivity index (χ4n) is 16.2. The maximum Gasteiger partial charge on any atom is 0.329 e. The lowest BCUT2D eigenvalue weighted by Crippen LogP contribution is -2.61. The number of aliphatic hydroxyl groups excluding tert-OH is 1. The molecule has 3 aliphatic heterocycles. The van der Waals surface area contributed by atoms with Crippen molar-refractivity contribution in [2.45, 2.75) is 232 Å². The number of cyclic esters (lactones) is 1. The number of carbonyl (C=O) groups is 6. The Bertz CT molecular complexity index is 4140. The summed E-state index contributed by atoms with van der Waals surface area (Å²) in [5, 5.41) is 41.9. The number of aromatic nitrogens is 9. The molecule has 0 radical (unpaired) electrons. The van der Waals surface area contributed by atoms with Gasteiger partial charge in [0, 0.05) is 114 Å². The monoisotopic (exact) mass is 1680 g/mol. The van der Waals surface area contributed by atoms with Crippen molar-refractivity contribution in [3.05, 3.63) is 90.3 Å². The van der Waals surface area contributed by atoms with E-state index in [9.17, 15) is 39.0 Å². The maximum absolute atomic E-state index is 14.8. The number of nitrogens with two attached hydrogens (primary N) is 1. The molecule has 4 aliphatic rings. The van der Waals surface area contributed by atoms with Gasteiger partial charge in [-0.15, -0.1) is 5.10 Å². The molecular weight excluding hydrogens is 1550 g/mol. The number of nitrogen functional groups attached to an aromatic ring is 1. The molecule has 3 fully saturated rings. The summed E-state index contributed by atoms with van der Waals surface area (Å²) in [6.07, 6.45) is 23.0. The van der Waals surface area contributed by atoms with E-state index >= 15 is 0 Å². The number of pyridine rings is 1. The number of allylic oxidation sites excluding steroid dienone is 6. The highest BCUT2D eigenvalue weighted by atomic mass is 16.6. The molecule has 1 saturated carbocycles. The van der Waals surface area contributed by atoms with Crippen molar-refractivity contribution in [2.24, 2.45) is 35.5 Å². The Labute approximate surface area is 705 Å². The molecule has 5 aromatic rings. The van der Waals surface area contributed by atoms with Crippen LogP contribution in [0.1, 0.15) is 163 Å². The van der Waals surface area contributed by atoms with Gasteiger partial charge in [0.25, 0.3) is 11.7 Å². The molecule has 1 aliphatic carbocycles. The number of methoxy groups -OCH3 is 3. The molecule has 15 atom stereocenters. The van der Waals surface area contributed by atoms with Crippen LogP contribution in [0.15, 0.2) is 84.7 Å². The number of aromatic amines is 1. The van der Waals surface area contributed by atoms with E-state index in [0.29, 0.717) is 185 Å². The zero-order valence-electron chi connectivity index (χ0n) is 72.1. The number of ether oxygens (including phenoxy) is 12. The summed E-state index contributed by atoms with van der Waals surface area (Å²) in [5.41, 5.74) is 11.4. The highest BCUT2D eigenvalue weighted by Gasteiger charge is 2.53. The molecule has 5 aromatic heterocycles. The first-order valence-corrected chi connectivity index (χ1v) is 43.1. The van der Waals surface area contributed by atoms with E-state index in [1.807, 2.05) is 87.3 Å². The van der Waals surface area contributed by atoms with Crippen molar-refractivity contribution >= 4 is 63.0 Å². The van der Waals surface area contributed by atoms with Gasteiger partial charge in [-0.25, -0.2) is 29.1 Å². The number of nitrogens with zero attached hydrogens (tertiary/aromatic N) is 9. The number of nitrogens with one attached hydrogen (secondary N) is 2. The van der Waals surface area contributed by atoms with Crippen LogP contribution in [-0.2, 0) is 105 Å². The second-order valence-corrected chi connectivity index (χ2v) is 32.5. The first kappa shape index (κ1) is 95.9. The molecule has 6 N–H and O–H groups in total. The Kier molecular flexibility index (Phi) is 39.9. The van der Waals surface area contributed by atoms with Gasteiger partial charge in [-0.1, -0.05) is 76.3 Å². The summed E-state index contributed by atoms with van der Waals surface area (Å²) in [7, 11) is 4.65. The third-order valence-corrected chi connectivity index (χ3v) is 23.3.